The molecule has 0 unspecified atom stereocenters. The van der Waals surface area contributed by atoms with Gasteiger partial charge in [-0.2, -0.15) is 0 Å². The van der Waals surface area contributed by atoms with Gasteiger partial charge in [-0.25, -0.2) is 13.2 Å². The number of nitrogens with two attached hydrogens (primary N) is 1. The van der Waals surface area contributed by atoms with Crippen LogP contribution in [-0.4, -0.2) is 53.7 Å². The Morgan fingerprint density at radius 2 is 1.69 bits per heavy atom. The Balaban J connectivity index is 2.14. The van der Waals surface area contributed by atoms with Crippen molar-refractivity contribution in [1.82, 2.24) is 0 Å². The standard InChI is InChI=1S/C25H27NO8S/c1-31-12-13-33-16-34-24-20(14-17-6-4-3-5-7-17)21(25(27)28)15-22(23(24)26)35(29,30)19-10-8-18(32-2)9-11-19/h3-11,15H,12-14,16,26H2,1-2H3,(H,27,28). The highest BCUT2D eigenvalue weighted by molar-refractivity contribution is 7.91. The summed E-state index contributed by atoms with van der Waals surface area (Å²) in [4.78, 5) is 11.8. The highest BCUT2D eigenvalue weighted by Crippen LogP contribution is 2.39. The zero-order valence-corrected chi connectivity index (χ0v) is 20.2. The van der Waals surface area contributed by atoms with Gasteiger partial charge in [0.1, 0.15) is 5.75 Å². The van der Waals surface area contributed by atoms with Crippen LogP contribution in [0.5, 0.6) is 11.5 Å². The molecule has 3 aromatic carbocycles. The molecule has 0 bridgehead atoms. The van der Waals surface area contributed by atoms with Gasteiger partial charge in [-0.3, -0.25) is 0 Å². The minimum Gasteiger partial charge on any atom is -0.497 e. The van der Waals surface area contributed by atoms with Crippen molar-refractivity contribution in [2.75, 3.05) is 40.0 Å². The molecule has 0 heterocycles. The SMILES string of the molecule is COCCOCOc1c(N)c(S(=O)(=O)c2ccc(OC)cc2)cc(C(=O)O)c1Cc1ccccc1. The molecule has 3 aromatic rings. The van der Waals surface area contributed by atoms with Crippen molar-refractivity contribution in [2.24, 2.45) is 0 Å². The van der Waals surface area contributed by atoms with Gasteiger partial charge in [-0.15, -0.1) is 0 Å². The third-order valence-corrected chi connectivity index (χ3v) is 7.03. The summed E-state index contributed by atoms with van der Waals surface area (Å²) in [5.74, 6) is -0.899. The molecule has 3 rings (SSSR count). The lowest BCUT2D eigenvalue weighted by atomic mass is 9.97. The van der Waals surface area contributed by atoms with Gasteiger partial charge < -0.3 is 29.8 Å². The quantitative estimate of drug-likeness (QED) is 0.217. The Labute approximate surface area is 203 Å². The minimum atomic E-state index is -4.19. The maximum atomic E-state index is 13.4. The average Bonchev–Trinajstić information content (AvgIpc) is 2.85. The Hall–Kier alpha value is -3.60. The van der Waals surface area contributed by atoms with Gasteiger partial charge in [0.05, 0.1) is 41.4 Å². The Bertz CT molecular complexity index is 1260. The van der Waals surface area contributed by atoms with Crippen LogP contribution >= 0.6 is 0 Å². The van der Waals surface area contributed by atoms with Crippen molar-refractivity contribution < 1.29 is 37.3 Å². The molecule has 186 valence electrons. The molecule has 9 nitrogen and oxygen atoms in total. The molecule has 35 heavy (non-hydrogen) atoms. The maximum Gasteiger partial charge on any atom is 0.336 e. The smallest absolute Gasteiger partial charge is 0.336 e. The number of anilines is 1. The highest BCUT2D eigenvalue weighted by atomic mass is 32.2. The highest BCUT2D eigenvalue weighted by Gasteiger charge is 2.29. The lowest BCUT2D eigenvalue weighted by Gasteiger charge is -2.19. The van der Waals surface area contributed by atoms with Crippen molar-refractivity contribution in [3.8, 4) is 11.5 Å². The fourth-order valence-corrected chi connectivity index (χ4v) is 4.83. The van der Waals surface area contributed by atoms with Crippen molar-refractivity contribution in [1.29, 1.82) is 0 Å². The number of carboxylic acids is 1. The summed E-state index contributed by atoms with van der Waals surface area (Å²) >= 11 is 0. The number of aromatic carboxylic acids is 1. The van der Waals surface area contributed by atoms with Crippen LogP contribution < -0.4 is 15.2 Å². The van der Waals surface area contributed by atoms with E-state index < -0.39 is 15.8 Å². The van der Waals surface area contributed by atoms with E-state index in [-0.39, 0.29) is 52.2 Å². The second-order valence-electron chi connectivity index (χ2n) is 7.45. The molecule has 3 N–H and O–H groups in total. The number of carboxylic acid groups (broad SMARTS) is 1. The van der Waals surface area contributed by atoms with Gasteiger partial charge in [0.15, 0.2) is 12.5 Å². The van der Waals surface area contributed by atoms with Gasteiger partial charge in [0.2, 0.25) is 9.84 Å². The van der Waals surface area contributed by atoms with Crippen LogP contribution in [0.25, 0.3) is 0 Å². The molecular weight excluding hydrogens is 474 g/mol. The minimum absolute atomic E-state index is 0.0572. The predicted molar refractivity (Wildman–Crippen MR) is 129 cm³/mol. The molecule has 0 aliphatic rings. The number of rotatable bonds is 12. The summed E-state index contributed by atoms with van der Waals surface area (Å²) in [5.41, 5.74) is 6.93. The van der Waals surface area contributed by atoms with Crippen LogP contribution in [0.3, 0.4) is 0 Å². The fourth-order valence-electron chi connectivity index (χ4n) is 3.43. The van der Waals surface area contributed by atoms with Gasteiger partial charge >= 0.3 is 5.97 Å². The van der Waals surface area contributed by atoms with E-state index in [0.717, 1.165) is 11.6 Å². The van der Waals surface area contributed by atoms with Crippen molar-refractivity contribution >= 4 is 21.5 Å². The molecule has 0 saturated carbocycles. The number of carbonyl (C=O) groups is 1. The van der Waals surface area contributed by atoms with E-state index in [1.165, 1.54) is 38.5 Å². The topological polar surface area (TPSA) is 134 Å². The number of benzene rings is 3. The summed E-state index contributed by atoms with van der Waals surface area (Å²) in [6.45, 7) is 0.266. The van der Waals surface area contributed by atoms with Gasteiger partial charge in [0.25, 0.3) is 0 Å². The number of sulfone groups is 1. The first-order chi connectivity index (χ1) is 16.8. The second-order valence-corrected chi connectivity index (χ2v) is 9.37. The summed E-state index contributed by atoms with van der Waals surface area (Å²) in [6.07, 6.45) is 0.156. The van der Waals surface area contributed by atoms with Crippen molar-refractivity contribution in [3.05, 3.63) is 77.4 Å². The average molecular weight is 502 g/mol. The second kappa shape index (κ2) is 11.7. The number of ether oxygens (including phenoxy) is 4. The van der Waals surface area contributed by atoms with Crippen LogP contribution in [-0.2, 0) is 25.7 Å². The number of hydrogen-bond acceptors (Lipinski definition) is 8. The van der Waals surface area contributed by atoms with Gasteiger partial charge in [-0.1, -0.05) is 30.3 Å². The van der Waals surface area contributed by atoms with E-state index in [2.05, 4.69) is 0 Å². The molecule has 0 atom stereocenters. The van der Waals surface area contributed by atoms with Crippen molar-refractivity contribution in [3.63, 3.8) is 0 Å². The Morgan fingerprint density at radius 1 is 1.00 bits per heavy atom. The lowest BCUT2D eigenvalue weighted by Crippen LogP contribution is -2.16. The van der Waals surface area contributed by atoms with Crippen LogP contribution in [0.15, 0.2) is 70.5 Å². The summed E-state index contributed by atoms with van der Waals surface area (Å²) in [7, 11) is -1.20. The third kappa shape index (κ3) is 6.10. The van der Waals surface area contributed by atoms with Gasteiger partial charge in [-0.05, 0) is 35.9 Å². The lowest BCUT2D eigenvalue weighted by molar-refractivity contribution is -0.00863. The van der Waals surface area contributed by atoms with E-state index in [9.17, 15) is 18.3 Å². The zero-order valence-electron chi connectivity index (χ0n) is 19.4. The van der Waals surface area contributed by atoms with E-state index in [1.807, 2.05) is 30.3 Å². The normalized spacial score (nSPS) is 11.3. The summed E-state index contributed by atoms with van der Waals surface area (Å²) in [5, 5.41) is 9.97. The van der Waals surface area contributed by atoms with E-state index in [0.29, 0.717) is 12.4 Å². The third-order valence-electron chi connectivity index (χ3n) is 5.22. The van der Waals surface area contributed by atoms with Gasteiger partial charge in [0, 0.05) is 19.1 Å². The summed E-state index contributed by atoms with van der Waals surface area (Å²) < 4.78 is 48.0. The molecule has 0 saturated heterocycles. The molecule has 10 heteroatoms. The molecular formula is C25H27NO8S. The number of nitrogen functional groups attached to an aromatic ring is 1. The largest absolute Gasteiger partial charge is 0.497 e. The summed E-state index contributed by atoms with van der Waals surface area (Å²) in [6, 6.07) is 15.9. The molecule has 0 aliphatic carbocycles. The van der Waals surface area contributed by atoms with Crippen molar-refractivity contribution in [2.45, 2.75) is 16.2 Å². The molecule has 0 fully saturated rings. The fraction of sp³-hybridized carbons (Fsp3) is 0.240. The first-order valence-electron chi connectivity index (χ1n) is 10.6. The molecule has 0 radical (unpaired) electrons. The monoisotopic (exact) mass is 501 g/mol. The maximum absolute atomic E-state index is 13.4. The number of hydrogen-bond donors (Lipinski definition) is 2. The predicted octanol–water partition coefficient (Wildman–Crippen LogP) is 3.40. The van der Waals surface area contributed by atoms with E-state index in [1.54, 1.807) is 0 Å². The zero-order chi connectivity index (χ0) is 25.4. The van der Waals surface area contributed by atoms with E-state index in [4.69, 9.17) is 24.7 Å². The number of methoxy groups -OCH3 is 2. The van der Waals surface area contributed by atoms with Crippen LogP contribution in [0.2, 0.25) is 0 Å². The van der Waals surface area contributed by atoms with Crippen LogP contribution in [0.1, 0.15) is 21.5 Å². The molecule has 0 amide bonds. The van der Waals surface area contributed by atoms with Crippen LogP contribution in [0, 0.1) is 0 Å². The Kier molecular flexibility index (Phi) is 8.69. The first-order valence-corrected chi connectivity index (χ1v) is 12.1. The van der Waals surface area contributed by atoms with Crippen LogP contribution in [0.4, 0.5) is 5.69 Å². The molecule has 0 aliphatic heterocycles. The Morgan fingerprint density at radius 3 is 2.29 bits per heavy atom. The molecule has 0 aromatic heterocycles. The molecule has 0 spiro atoms. The first kappa shape index (κ1) is 26.0. The van der Waals surface area contributed by atoms with E-state index >= 15 is 0 Å².